The van der Waals surface area contributed by atoms with Crippen molar-refractivity contribution in [1.29, 1.82) is 0 Å². The largest absolute Gasteiger partial charge is 0.544 e. The molecule has 0 aromatic heterocycles. The van der Waals surface area contributed by atoms with Crippen LogP contribution in [-0.2, 0) is 0 Å². The van der Waals surface area contributed by atoms with E-state index in [1.54, 1.807) is 0 Å². The summed E-state index contributed by atoms with van der Waals surface area (Å²) in [7, 11) is -1.58. The van der Waals surface area contributed by atoms with E-state index < -0.39 is 8.32 Å². The highest BCUT2D eigenvalue weighted by molar-refractivity contribution is 6.70. The van der Waals surface area contributed by atoms with Crippen molar-refractivity contribution in [3.8, 4) is 5.75 Å². The van der Waals surface area contributed by atoms with E-state index in [9.17, 15) is 4.79 Å². The molecule has 0 saturated carbocycles. The van der Waals surface area contributed by atoms with Gasteiger partial charge in [-0.25, -0.2) is 0 Å². The van der Waals surface area contributed by atoms with Crippen molar-refractivity contribution in [2.45, 2.75) is 33.5 Å². The predicted molar refractivity (Wildman–Crippen MR) is 65.3 cm³/mol. The van der Waals surface area contributed by atoms with Gasteiger partial charge in [-0.3, -0.25) is 4.79 Å². The minimum absolute atomic E-state index is 0.716. The minimum Gasteiger partial charge on any atom is -0.544 e. The van der Waals surface area contributed by atoms with Gasteiger partial charge in [0, 0.05) is 5.56 Å². The summed E-state index contributed by atoms with van der Waals surface area (Å²) in [4.78, 5) is 10.7. The number of benzene rings is 1. The average molecular weight is 222 g/mol. The van der Waals surface area contributed by atoms with Crippen molar-refractivity contribution >= 4 is 14.6 Å². The topological polar surface area (TPSA) is 26.3 Å². The third-order valence-electron chi connectivity index (χ3n) is 2.03. The number of aldehydes is 1. The zero-order chi connectivity index (χ0) is 11.6. The lowest BCUT2D eigenvalue weighted by atomic mass is 10.1. The molecule has 2 nitrogen and oxygen atoms in total. The number of aryl methyl sites for hydroxylation is 2. The van der Waals surface area contributed by atoms with E-state index in [0.29, 0.717) is 5.56 Å². The molecular weight excluding hydrogens is 204 g/mol. The zero-order valence-corrected chi connectivity index (χ0v) is 11.0. The van der Waals surface area contributed by atoms with Crippen molar-refractivity contribution < 1.29 is 9.22 Å². The van der Waals surface area contributed by atoms with Gasteiger partial charge in [0.25, 0.3) is 0 Å². The Bertz CT molecular complexity index is 355. The number of carbonyl (C=O) groups excluding carboxylic acids is 1. The summed E-state index contributed by atoms with van der Waals surface area (Å²) in [6, 6.07) is 3.74. The molecule has 0 saturated heterocycles. The van der Waals surface area contributed by atoms with Gasteiger partial charge in [0.1, 0.15) is 12.0 Å². The molecule has 0 unspecified atom stereocenters. The molecule has 1 rings (SSSR count). The molecule has 0 aliphatic heterocycles. The Morgan fingerprint density at radius 1 is 1.13 bits per heavy atom. The predicted octanol–water partition coefficient (Wildman–Crippen LogP) is 3.33. The van der Waals surface area contributed by atoms with Gasteiger partial charge in [-0.15, -0.1) is 0 Å². The fourth-order valence-electron chi connectivity index (χ4n) is 1.52. The first-order chi connectivity index (χ1) is 6.83. The smallest absolute Gasteiger partial charge is 0.242 e. The summed E-state index contributed by atoms with van der Waals surface area (Å²) in [5.74, 6) is 0.944. The van der Waals surface area contributed by atoms with Crippen molar-refractivity contribution in [2.75, 3.05) is 0 Å². The molecule has 0 N–H and O–H groups in total. The van der Waals surface area contributed by atoms with E-state index >= 15 is 0 Å². The van der Waals surface area contributed by atoms with E-state index in [-0.39, 0.29) is 0 Å². The molecule has 0 fully saturated rings. The SMILES string of the molecule is Cc1cc(C=O)cc(C)c1O[Si](C)(C)C. The molecule has 0 amide bonds. The lowest BCUT2D eigenvalue weighted by Gasteiger charge is -2.22. The summed E-state index contributed by atoms with van der Waals surface area (Å²) < 4.78 is 5.99. The molecule has 15 heavy (non-hydrogen) atoms. The highest BCUT2D eigenvalue weighted by Crippen LogP contribution is 2.26. The summed E-state index contributed by atoms with van der Waals surface area (Å²) in [5.41, 5.74) is 2.80. The van der Waals surface area contributed by atoms with Crippen LogP contribution in [0, 0.1) is 13.8 Å². The number of hydrogen-bond acceptors (Lipinski definition) is 2. The van der Waals surface area contributed by atoms with Gasteiger partial charge in [0.2, 0.25) is 8.32 Å². The zero-order valence-electron chi connectivity index (χ0n) is 10.0. The summed E-state index contributed by atoms with van der Waals surface area (Å²) >= 11 is 0. The van der Waals surface area contributed by atoms with Crippen LogP contribution in [0.25, 0.3) is 0 Å². The van der Waals surface area contributed by atoms with Crippen molar-refractivity contribution in [3.05, 3.63) is 28.8 Å². The van der Waals surface area contributed by atoms with Gasteiger partial charge in [-0.05, 0) is 56.7 Å². The Morgan fingerprint density at radius 2 is 1.60 bits per heavy atom. The van der Waals surface area contributed by atoms with E-state index in [2.05, 4.69) is 19.6 Å². The maximum absolute atomic E-state index is 10.7. The molecule has 0 spiro atoms. The van der Waals surface area contributed by atoms with Gasteiger partial charge in [0.05, 0.1) is 0 Å². The Hall–Kier alpha value is -1.09. The van der Waals surface area contributed by atoms with Crippen molar-refractivity contribution in [3.63, 3.8) is 0 Å². The molecule has 0 radical (unpaired) electrons. The minimum atomic E-state index is -1.58. The van der Waals surface area contributed by atoms with Crippen LogP contribution in [0.5, 0.6) is 5.75 Å². The lowest BCUT2D eigenvalue weighted by molar-refractivity contribution is 0.112. The maximum atomic E-state index is 10.7. The fourth-order valence-corrected chi connectivity index (χ4v) is 2.45. The van der Waals surface area contributed by atoms with Crippen LogP contribution < -0.4 is 4.43 Å². The summed E-state index contributed by atoms with van der Waals surface area (Å²) in [6.07, 6.45) is 0.873. The van der Waals surface area contributed by atoms with Crippen LogP contribution in [0.4, 0.5) is 0 Å². The first kappa shape index (κ1) is 12.0. The van der Waals surface area contributed by atoms with Crippen LogP contribution in [-0.4, -0.2) is 14.6 Å². The Kier molecular flexibility index (Phi) is 3.34. The van der Waals surface area contributed by atoms with E-state index in [1.165, 1.54) is 0 Å². The van der Waals surface area contributed by atoms with Crippen LogP contribution in [0.1, 0.15) is 21.5 Å². The number of carbonyl (C=O) groups is 1. The molecule has 1 aromatic rings. The van der Waals surface area contributed by atoms with Crippen LogP contribution in [0.15, 0.2) is 12.1 Å². The highest BCUT2D eigenvalue weighted by atomic mass is 28.4. The average Bonchev–Trinajstić information content (AvgIpc) is 2.09. The van der Waals surface area contributed by atoms with Gasteiger partial charge >= 0.3 is 0 Å². The Balaban J connectivity index is 3.14. The first-order valence-corrected chi connectivity index (χ1v) is 8.50. The van der Waals surface area contributed by atoms with Crippen molar-refractivity contribution in [1.82, 2.24) is 0 Å². The van der Waals surface area contributed by atoms with Crippen LogP contribution in [0.2, 0.25) is 19.6 Å². The lowest BCUT2D eigenvalue weighted by Crippen LogP contribution is -2.30. The maximum Gasteiger partial charge on any atom is 0.242 e. The third-order valence-corrected chi connectivity index (χ3v) is 2.84. The van der Waals surface area contributed by atoms with E-state index in [1.807, 2.05) is 26.0 Å². The number of hydrogen-bond donors (Lipinski definition) is 0. The monoisotopic (exact) mass is 222 g/mol. The molecule has 0 aliphatic rings. The molecule has 0 aliphatic carbocycles. The molecule has 1 aromatic carbocycles. The second-order valence-electron chi connectivity index (χ2n) is 4.82. The van der Waals surface area contributed by atoms with E-state index in [4.69, 9.17) is 4.43 Å². The second kappa shape index (κ2) is 4.19. The molecular formula is C12H18O2Si. The van der Waals surface area contributed by atoms with Crippen LogP contribution in [0.3, 0.4) is 0 Å². The van der Waals surface area contributed by atoms with Gasteiger partial charge in [-0.2, -0.15) is 0 Å². The summed E-state index contributed by atoms with van der Waals surface area (Å²) in [6.45, 7) is 10.4. The molecule has 0 atom stereocenters. The Morgan fingerprint density at radius 3 is 1.93 bits per heavy atom. The van der Waals surface area contributed by atoms with Gasteiger partial charge in [-0.1, -0.05) is 0 Å². The van der Waals surface area contributed by atoms with Gasteiger partial charge < -0.3 is 4.43 Å². The van der Waals surface area contributed by atoms with Crippen LogP contribution >= 0.6 is 0 Å². The molecule has 3 heteroatoms. The van der Waals surface area contributed by atoms with Crippen molar-refractivity contribution in [2.24, 2.45) is 0 Å². The second-order valence-corrected chi connectivity index (χ2v) is 9.24. The summed E-state index contributed by atoms with van der Waals surface area (Å²) in [5, 5.41) is 0. The highest BCUT2D eigenvalue weighted by Gasteiger charge is 2.18. The molecule has 0 heterocycles. The van der Waals surface area contributed by atoms with E-state index in [0.717, 1.165) is 23.2 Å². The fraction of sp³-hybridized carbons (Fsp3) is 0.417. The molecule has 0 bridgehead atoms. The normalized spacial score (nSPS) is 11.3. The van der Waals surface area contributed by atoms with Gasteiger partial charge in [0.15, 0.2) is 0 Å². The quantitative estimate of drug-likeness (QED) is 0.579. The molecule has 82 valence electrons. The standard InChI is InChI=1S/C12H18O2Si/c1-9-6-11(8-13)7-10(2)12(9)14-15(3,4)5/h6-8H,1-5H3. The number of rotatable bonds is 3. The third kappa shape index (κ3) is 3.20. The Labute approximate surface area is 92.4 Å². The first-order valence-electron chi connectivity index (χ1n) is 5.09.